The molecule has 0 radical (unpaired) electrons. The highest BCUT2D eigenvalue weighted by atomic mass is 35.5. The highest BCUT2D eigenvalue weighted by molar-refractivity contribution is 6.30. The number of halogens is 1. The number of rotatable bonds is 6. The summed E-state index contributed by atoms with van der Waals surface area (Å²) >= 11 is 6.05. The Balaban J connectivity index is 1.85. The number of benzene rings is 2. The lowest BCUT2D eigenvalue weighted by Gasteiger charge is -2.43. The minimum absolute atomic E-state index is 0.247. The van der Waals surface area contributed by atoms with Crippen LogP contribution in [0.1, 0.15) is 23.1 Å². The summed E-state index contributed by atoms with van der Waals surface area (Å²) in [5, 5.41) is 21.5. The second-order valence-electron chi connectivity index (χ2n) is 7.58. The number of carbonyl (C=O) groups is 1. The number of likely N-dealkylation sites (tertiary alicyclic amines) is 1. The number of aliphatic hydroxyl groups excluding tert-OH is 1. The Kier molecular flexibility index (Phi) is 6.28. The third-order valence-corrected chi connectivity index (χ3v) is 5.88. The number of piperidine rings is 1. The largest absolute Gasteiger partial charge is 0.497 e. The molecule has 5 nitrogen and oxygen atoms in total. The fraction of sp³-hybridized carbons (Fsp3) is 0.409. The molecule has 2 atom stereocenters. The second kappa shape index (κ2) is 8.52. The summed E-state index contributed by atoms with van der Waals surface area (Å²) in [6.07, 6.45) is -0.238. The van der Waals surface area contributed by atoms with Gasteiger partial charge < -0.3 is 14.9 Å². The fourth-order valence-corrected chi connectivity index (χ4v) is 4.21. The van der Waals surface area contributed by atoms with E-state index in [4.69, 9.17) is 16.3 Å². The summed E-state index contributed by atoms with van der Waals surface area (Å²) in [6.45, 7) is 3.56. The predicted molar refractivity (Wildman–Crippen MR) is 109 cm³/mol. The lowest BCUT2D eigenvalue weighted by Crippen LogP contribution is -2.56. The van der Waals surface area contributed by atoms with Crippen LogP contribution in [0.3, 0.4) is 0 Å². The first-order chi connectivity index (χ1) is 13.3. The molecule has 0 aliphatic carbocycles. The van der Waals surface area contributed by atoms with Crippen molar-refractivity contribution in [3.8, 4) is 5.75 Å². The van der Waals surface area contributed by atoms with E-state index in [1.54, 1.807) is 7.11 Å². The molecule has 2 N–H and O–H groups in total. The summed E-state index contributed by atoms with van der Waals surface area (Å²) in [5.41, 5.74) is 1.77. The molecule has 1 aliphatic heterocycles. The predicted octanol–water partition coefficient (Wildman–Crippen LogP) is 3.54. The summed E-state index contributed by atoms with van der Waals surface area (Å²) in [7, 11) is 1.58. The molecule has 3 rings (SSSR count). The molecule has 0 spiro atoms. The molecule has 28 heavy (non-hydrogen) atoms. The van der Waals surface area contributed by atoms with Gasteiger partial charge in [0.1, 0.15) is 11.2 Å². The van der Waals surface area contributed by atoms with E-state index < -0.39 is 17.5 Å². The number of nitrogens with zero attached hydrogens (tertiary/aromatic N) is 1. The Labute approximate surface area is 170 Å². The van der Waals surface area contributed by atoms with Crippen LogP contribution in [-0.2, 0) is 17.8 Å². The SMILES string of the molecule is COc1cccc(C[C@@]2(C(=O)O)CN(Cc3ccc(Cl)cc3C)CC[C@H]2O)c1. The number of aryl methyl sites for hydroxylation is 1. The Bertz CT molecular complexity index is 856. The van der Waals surface area contributed by atoms with Crippen LogP contribution in [0.4, 0.5) is 0 Å². The molecular weight excluding hydrogens is 378 g/mol. The smallest absolute Gasteiger partial charge is 0.313 e. The topological polar surface area (TPSA) is 70.0 Å². The van der Waals surface area contributed by atoms with Crippen molar-refractivity contribution in [3.05, 3.63) is 64.2 Å². The number of aliphatic carboxylic acids is 1. The van der Waals surface area contributed by atoms with Gasteiger partial charge in [-0.15, -0.1) is 0 Å². The van der Waals surface area contributed by atoms with E-state index in [1.165, 1.54) is 0 Å². The highest BCUT2D eigenvalue weighted by Gasteiger charge is 2.49. The summed E-state index contributed by atoms with van der Waals surface area (Å²) in [5.74, 6) is -0.294. The van der Waals surface area contributed by atoms with E-state index in [2.05, 4.69) is 4.90 Å². The van der Waals surface area contributed by atoms with E-state index in [-0.39, 0.29) is 13.0 Å². The normalized spacial score (nSPS) is 22.8. The van der Waals surface area contributed by atoms with Crippen LogP contribution in [0.2, 0.25) is 5.02 Å². The molecule has 1 heterocycles. The van der Waals surface area contributed by atoms with Gasteiger partial charge in [0, 0.05) is 24.7 Å². The maximum absolute atomic E-state index is 12.3. The number of ether oxygens (including phenoxy) is 1. The van der Waals surface area contributed by atoms with Crippen LogP contribution >= 0.6 is 11.6 Å². The van der Waals surface area contributed by atoms with E-state index in [0.717, 1.165) is 16.7 Å². The quantitative estimate of drug-likeness (QED) is 0.772. The first kappa shape index (κ1) is 20.6. The number of carboxylic acid groups (broad SMARTS) is 1. The first-order valence-electron chi connectivity index (χ1n) is 9.36. The average molecular weight is 404 g/mol. The van der Waals surface area contributed by atoms with E-state index in [0.29, 0.717) is 30.3 Å². The molecule has 1 aliphatic rings. The summed E-state index contributed by atoms with van der Waals surface area (Å²) in [4.78, 5) is 14.4. The van der Waals surface area contributed by atoms with E-state index in [9.17, 15) is 15.0 Å². The standard InChI is InChI=1S/C22H26ClNO4/c1-15-10-18(23)7-6-17(15)13-24-9-8-20(25)22(14-24,21(26)27)12-16-4-3-5-19(11-16)28-2/h3-7,10-11,20,25H,8-9,12-14H2,1-2H3,(H,26,27)/t20-,22-/m1/s1. The third-order valence-electron chi connectivity index (χ3n) is 5.64. The van der Waals surface area contributed by atoms with Crippen LogP contribution in [0.25, 0.3) is 0 Å². The molecule has 0 saturated carbocycles. The van der Waals surface area contributed by atoms with Gasteiger partial charge in [-0.3, -0.25) is 9.69 Å². The Morgan fingerprint density at radius 2 is 2.11 bits per heavy atom. The minimum Gasteiger partial charge on any atom is -0.497 e. The van der Waals surface area contributed by atoms with E-state index in [1.807, 2.05) is 49.4 Å². The van der Waals surface area contributed by atoms with Crippen LogP contribution in [-0.4, -0.2) is 47.4 Å². The molecule has 0 bridgehead atoms. The second-order valence-corrected chi connectivity index (χ2v) is 8.01. The number of hydrogen-bond donors (Lipinski definition) is 2. The molecule has 0 unspecified atom stereocenters. The molecule has 0 aromatic heterocycles. The molecule has 1 fully saturated rings. The fourth-order valence-electron chi connectivity index (χ4n) is 3.98. The zero-order chi connectivity index (χ0) is 20.3. The minimum atomic E-state index is -1.26. The Morgan fingerprint density at radius 1 is 1.32 bits per heavy atom. The first-order valence-corrected chi connectivity index (χ1v) is 9.73. The van der Waals surface area contributed by atoms with Crippen molar-refractivity contribution in [2.45, 2.75) is 32.4 Å². The monoisotopic (exact) mass is 403 g/mol. The number of hydrogen-bond acceptors (Lipinski definition) is 4. The van der Waals surface area contributed by atoms with Crippen molar-refractivity contribution in [1.29, 1.82) is 0 Å². The third kappa shape index (κ3) is 4.32. The number of aliphatic hydroxyl groups is 1. The van der Waals surface area contributed by atoms with Crippen LogP contribution in [0, 0.1) is 12.3 Å². The number of methoxy groups -OCH3 is 1. The molecule has 2 aromatic rings. The van der Waals surface area contributed by atoms with Crippen LogP contribution in [0.15, 0.2) is 42.5 Å². The van der Waals surface area contributed by atoms with Crippen molar-refractivity contribution in [2.24, 2.45) is 5.41 Å². The summed E-state index contributed by atoms with van der Waals surface area (Å²) < 4.78 is 5.26. The molecule has 6 heteroatoms. The Hall–Kier alpha value is -2.08. The maximum Gasteiger partial charge on any atom is 0.313 e. The van der Waals surface area contributed by atoms with Crippen LogP contribution < -0.4 is 4.74 Å². The average Bonchev–Trinajstić information content (AvgIpc) is 2.66. The number of carboxylic acids is 1. The molecule has 150 valence electrons. The van der Waals surface area contributed by atoms with Gasteiger partial charge in [-0.05, 0) is 60.7 Å². The van der Waals surface area contributed by atoms with Gasteiger partial charge in [0.15, 0.2) is 0 Å². The van der Waals surface area contributed by atoms with Crippen molar-refractivity contribution in [3.63, 3.8) is 0 Å². The summed E-state index contributed by atoms with van der Waals surface area (Å²) in [6, 6.07) is 13.1. The van der Waals surface area contributed by atoms with Crippen LogP contribution in [0.5, 0.6) is 5.75 Å². The molecule has 0 amide bonds. The zero-order valence-electron chi connectivity index (χ0n) is 16.2. The Morgan fingerprint density at radius 3 is 2.79 bits per heavy atom. The van der Waals surface area contributed by atoms with Crippen molar-refractivity contribution < 1.29 is 19.7 Å². The van der Waals surface area contributed by atoms with Gasteiger partial charge in [0.05, 0.1) is 13.2 Å². The van der Waals surface area contributed by atoms with Gasteiger partial charge in [-0.1, -0.05) is 29.8 Å². The zero-order valence-corrected chi connectivity index (χ0v) is 16.9. The molecule has 2 aromatic carbocycles. The van der Waals surface area contributed by atoms with Gasteiger partial charge in [0.25, 0.3) is 0 Å². The van der Waals surface area contributed by atoms with Gasteiger partial charge in [-0.2, -0.15) is 0 Å². The lowest BCUT2D eigenvalue weighted by atomic mass is 9.72. The highest BCUT2D eigenvalue weighted by Crippen LogP contribution is 2.36. The molecule has 1 saturated heterocycles. The van der Waals surface area contributed by atoms with Gasteiger partial charge in [-0.25, -0.2) is 0 Å². The molecular formula is C22H26ClNO4. The lowest BCUT2D eigenvalue weighted by molar-refractivity contribution is -0.163. The van der Waals surface area contributed by atoms with Gasteiger partial charge in [0.2, 0.25) is 0 Å². The maximum atomic E-state index is 12.3. The van der Waals surface area contributed by atoms with E-state index >= 15 is 0 Å². The van der Waals surface area contributed by atoms with Gasteiger partial charge >= 0.3 is 5.97 Å². The van der Waals surface area contributed by atoms with Crippen molar-refractivity contribution in [2.75, 3.05) is 20.2 Å². The van der Waals surface area contributed by atoms with Crippen molar-refractivity contribution in [1.82, 2.24) is 4.90 Å². The van der Waals surface area contributed by atoms with Crippen molar-refractivity contribution >= 4 is 17.6 Å².